The summed E-state index contributed by atoms with van der Waals surface area (Å²) in [6.07, 6.45) is 1.33. The zero-order valence-electron chi connectivity index (χ0n) is 17.5. The minimum atomic E-state index is -0.677. The first-order chi connectivity index (χ1) is 14.8. The molecule has 0 atom stereocenters. The first kappa shape index (κ1) is 21.6. The van der Waals surface area contributed by atoms with Gasteiger partial charge in [0.05, 0.1) is 7.11 Å². The molecule has 2 aromatic carbocycles. The van der Waals surface area contributed by atoms with E-state index in [0.29, 0.717) is 11.4 Å². The summed E-state index contributed by atoms with van der Waals surface area (Å²) < 4.78 is 5.18. The number of nitrogens with one attached hydrogen (secondary N) is 1. The van der Waals surface area contributed by atoms with Crippen LogP contribution in [0.5, 0.6) is 5.75 Å². The van der Waals surface area contributed by atoms with Crippen LogP contribution in [0.15, 0.2) is 48.7 Å². The zero-order valence-corrected chi connectivity index (χ0v) is 17.5. The predicted octanol–water partition coefficient (Wildman–Crippen LogP) is 2.57. The third kappa shape index (κ3) is 5.27. The molecule has 9 nitrogen and oxygen atoms in total. The fourth-order valence-electron chi connectivity index (χ4n) is 3.16. The first-order valence-electron chi connectivity index (χ1n) is 9.49. The number of rotatable bonds is 8. The maximum Gasteiger partial charge on any atom is 0.254 e. The molecule has 1 aromatic heterocycles. The van der Waals surface area contributed by atoms with E-state index in [0.717, 1.165) is 16.8 Å². The van der Waals surface area contributed by atoms with Gasteiger partial charge in [0, 0.05) is 17.6 Å². The number of benzene rings is 2. The Morgan fingerprint density at radius 3 is 2.26 bits per heavy atom. The number of primary amides is 2. The summed E-state index contributed by atoms with van der Waals surface area (Å²) in [5.74, 6) is -0.178. The van der Waals surface area contributed by atoms with E-state index >= 15 is 0 Å². The summed E-state index contributed by atoms with van der Waals surface area (Å²) in [6, 6.07) is 12.9. The number of ether oxygens (including phenoxy) is 1. The molecule has 5 N–H and O–H groups in total. The first-order valence-corrected chi connectivity index (χ1v) is 9.49. The van der Waals surface area contributed by atoms with E-state index in [2.05, 4.69) is 15.3 Å². The molecule has 0 aliphatic rings. The number of aromatic nitrogens is 2. The molecule has 0 saturated carbocycles. The fourth-order valence-corrected chi connectivity index (χ4v) is 3.16. The van der Waals surface area contributed by atoms with Crippen molar-refractivity contribution in [2.75, 3.05) is 23.9 Å². The molecule has 0 radical (unpaired) electrons. The molecule has 31 heavy (non-hydrogen) atoms. The van der Waals surface area contributed by atoms with Gasteiger partial charge in [-0.05, 0) is 61.4 Å². The Kier molecular flexibility index (Phi) is 6.35. The maximum absolute atomic E-state index is 11.9. The Bertz CT molecular complexity index is 1090. The van der Waals surface area contributed by atoms with Gasteiger partial charge < -0.3 is 26.4 Å². The molecule has 0 aliphatic heterocycles. The van der Waals surface area contributed by atoms with Gasteiger partial charge in [0.1, 0.15) is 23.7 Å². The molecule has 0 aliphatic carbocycles. The number of methoxy groups -OCH3 is 1. The summed E-state index contributed by atoms with van der Waals surface area (Å²) in [5, 5.41) is 3.14. The number of anilines is 4. The molecule has 0 bridgehead atoms. The van der Waals surface area contributed by atoms with Gasteiger partial charge in [0.2, 0.25) is 11.9 Å². The number of amides is 2. The lowest BCUT2D eigenvalue weighted by atomic mass is 10.1. The van der Waals surface area contributed by atoms with Gasteiger partial charge in [-0.25, -0.2) is 4.98 Å². The van der Waals surface area contributed by atoms with Crippen LogP contribution in [0.25, 0.3) is 0 Å². The largest absolute Gasteiger partial charge is 0.497 e. The van der Waals surface area contributed by atoms with Crippen molar-refractivity contribution in [3.63, 3.8) is 0 Å². The average Bonchev–Trinajstić information content (AvgIpc) is 2.71. The molecular weight excluding hydrogens is 396 g/mol. The summed E-state index contributed by atoms with van der Waals surface area (Å²) in [7, 11) is 1.56. The van der Waals surface area contributed by atoms with Crippen LogP contribution in [0, 0.1) is 13.8 Å². The number of hydrogen-bond acceptors (Lipinski definition) is 7. The van der Waals surface area contributed by atoms with Crippen LogP contribution in [-0.2, 0) is 4.79 Å². The third-order valence-corrected chi connectivity index (χ3v) is 4.47. The number of hydrogen-bond donors (Lipinski definition) is 3. The van der Waals surface area contributed by atoms with E-state index in [1.54, 1.807) is 36.3 Å². The van der Waals surface area contributed by atoms with Gasteiger partial charge in [-0.2, -0.15) is 4.98 Å². The zero-order chi connectivity index (χ0) is 22.5. The van der Waals surface area contributed by atoms with Crippen molar-refractivity contribution in [1.29, 1.82) is 0 Å². The van der Waals surface area contributed by atoms with Crippen molar-refractivity contribution in [1.82, 2.24) is 9.97 Å². The Morgan fingerprint density at radius 1 is 1.06 bits per heavy atom. The van der Waals surface area contributed by atoms with Crippen LogP contribution < -0.4 is 26.4 Å². The highest BCUT2D eigenvalue weighted by Gasteiger charge is 2.19. The van der Waals surface area contributed by atoms with Crippen molar-refractivity contribution in [2.24, 2.45) is 11.5 Å². The van der Waals surface area contributed by atoms with Crippen LogP contribution in [0.2, 0.25) is 0 Å². The average molecular weight is 420 g/mol. The number of aryl methyl sites for hydroxylation is 2. The standard InChI is InChI=1S/C22H24N6O3/c1-13-8-14(2)10-15(9-13)26-21-18(20(24)30)11-25-22(27-21)28(12-19(23)29)16-4-6-17(31-3)7-5-16/h4-11H,12H2,1-3H3,(H2,23,29)(H2,24,30)(H,25,26,27). The molecule has 1 heterocycles. The number of carbonyl (C=O) groups is 2. The van der Waals surface area contributed by atoms with Gasteiger partial charge in [0.15, 0.2) is 0 Å². The summed E-state index contributed by atoms with van der Waals surface area (Å²) >= 11 is 0. The molecular formula is C22H24N6O3. The molecule has 9 heteroatoms. The maximum atomic E-state index is 11.9. The molecule has 0 fully saturated rings. The molecule has 0 unspecified atom stereocenters. The Morgan fingerprint density at radius 2 is 1.71 bits per heavy atom. The lowest BCUT2D eigenvalue weighted by Crippen LogP contribution is -2.31. The molecule has 2 amide bonds. The van der Waals surface area contributed by atoms with Gasteiger partial charge in [-0.3, -0.25) is 9.59 Å². The van der Waals surface area contributed by atoms with E-state index in [9.17, 15) is 9.59 Å². The van der Waals surface area contributed by atoms with E-state index in [4.69, 9.17) is 16.2 Å². The van der Waals surface area contributed by atoms with Crippen LogP contribution in [0.1, 0.15) is 21.5 Å². The smallest absolute Gasteiger partial charge is 0.254 e. The van der Waals surface area contributed by atoms with Crippen molar-refractivity contribution >= 4 is 35.0 Å². The monoisotopic (exact) mass is 420 g/mol. The molecule has 0 spiro atoms. The topological polar surface area (TPSA) is 136 Å². The van der Waals surface area contributed by atoms with Gasteiger partial charge in [-0.15, -0.1) is 0 Å². The highest BCUT2D eigenvalue weighted by molar-refractivity contribution is 5.98. The lowest BCUT2D eigenvalue weighted by molar-refractivity contribution is -0.116. The predicted molar refractivity (Wildman–Crippen MR) is 119 cm³/mol. The SMILES string of the molecule is COc1ccc(N(CC(N)=O)c2ncc(C(N)=O)c(Nc3cc(C)cc(C)c3)n2)cc1. The van der Waals surface area contributed by atoms with Crippen LogP contribution in [0.3, 0.4) is 0 Å². The second-order valence-electron chi connectivity index (χ2n) is 7.05. The minimum Gasteiger partial charge on any atom is -0.497 e. The highest BCUT2D eigenvalue weighted by atomic mass is 16.5. The molecule has 3 rings (SSSR count). The highest BCUT2D eigenvalue weighted by Crippen LogP contribution is 2.27. The number of carbonyl (C=O) groups excluding carboxylic acids is 2. The van der Waals surface area contributed by atoms with Gasteiger partial charge in [0.25, 0.3) is 5.91 Å². The van der Waals surface area contributed by atoms with Crippen LogP contribution >= 0.6 is 0 Å². The number of nitrogens with two attached hydrogens (primary N) is 2. The van der Waals surface area contributed by atoms with Crippen molar-refractivity contribution in [3.8, 4) is 5.75 Å². The second kappa shape index (κ2) is 9.12. The third-order valence-electron chi connectivity index (χ3n) is 4.47. The summed E-state index contributed by atoms with van der Waals surface area (Å²) in [4.78, 5) is 33.9. The Labute approximate surface area is 180 Å². The van der Waals surface area contributed by atoms with E-state index in [-0.39, 0.29) is 23.9 Å². The number of nitrogens with zero attached hydrogens (tertiary/aromatic N) is 3. The fraction of sp³-hybridized carbons (Fsp3) is 0.182. The Hall–Kier alpha value is -4.14. The Balaban J connectivity index is 2.06. The summed E-state index contributed by atoms with van der Waals surface area (Å²) in [5.41, 5.74) is 14.6. The minimum absolute atomic E-state index is 0.122. The van der Waals surface area contributed by atoms with E-state index in [1.807, 2.05) is 32.0 Å². The van der Waals surface area contributed by atoms with Crippen molar-refractivity contribution in [3.05, 3.63) is 65.4 Å². The molecule has 3 aromatic rings. The normalized spacial score (nSPS) is 10.4. The lowest BCUT2D eigenvalue weighted by Gasteiger charge is -2.22. The quantitative estimate of drug-likeness (QED) is 0.509. The molecule has 160 valence electrons. The van der Waals surface area contributed by atoms with Crippen LogP contribution in [0.4, 0.5) is 23.1 Å². The van der Waals surface area contributed by atoms with E-state index < -0.39 is 11.8 Å². The van der Waals surface area contributed by atoms with Gasteiger partial charge >= 0.3 is 0 Å². The second-order valence-corrected chi connectivity index (χ2v) is 7.05. The van der Waals surface area contributed by atoms with Crippen LogP contribution in [-0.4, -0.2) is 35.4 Å². The van der Waals surface area contributed by atoms with Crippen molar-refractivity contribution in [2.45, 2.75) is 13.8 Å². The molecule has 0 saturated heterocycles. The summed E-state index contributed by atoms with van der Waals surface area (Å²) in [6.45, 7) is 3.78. The van der Waals surface area contributed by atoms with Crippen molar-refractivity contribution < 1.29 is 14.3 Å². The van der Waals surface area contributed by atoms with Gasteiger partial charge in [-0.1, -0.05) is 6.07 Å². The van der Waals surface area contributed by atoms with E-state index in [1.165, 1.54) is 6.20 Å².